The summed E-state index contributed by atoms with van der Waals surface area (Å²) in [5.41, 5.74) is 2.92. The molecule has 0 aliphatic rings. The minimum Gasteiger partial charge on any atom is -0.481 e. The normalized spacial score (nSPS) is 12.7. The molecule has 0 fully saturated rings. The number of aliphatic carboxylic acids is 1. The summed E-state index contributed by atoms with van der Waals surface area (Å²) in [6.07, 6.45) is 0.531. The lowest BCUT2D eigenvalue weighted by molar-refractivity contribution is -0.139. The third-order valence-electron chi connectivity index (χ3n) is 2.60. The summed E-state index contributed by atoms with van der Waals surface area (Å²) in [6, 6.07) is 5.83. The van der Waals surface area contributed by atoms with Crippen LogP contribution in [0.25, 0.3) is 11.0 Å². The summed E-state index contributed by atoms with van der Waals surface area (Å²) in [4.78, 5) is 17.5. The zero-order valence-corrected chi connectivity index (χ0v) is 9.76. The summed E-state index contributed by atoms with van der Waals surface area (Å²) < 4.78 is 0. The fourth-order valence-electron chi connectivity index (χ4n) is 1.75. The van der Waals surface area contributed by atoms with Gasteiger partial charge in [-0.25, -0.2) is 4.98 Å². The van der Waals surface area contributed by atoms with E-state index in [1.807, 2.05) is 18.2 Å². The van der Waals surface area contributed by atoms with Gasteiger partial charge < -0.3 is 20.5 Å². The maximum atomic E-state index is 10.4. The third kappa shape index (κ3) is 3.28. The van der Waals surface area contributed by atoms with Crippen LogP contribution in [0.15, 0.2) is 24.5 Å². The molecule has 6 nitrogen and oxygen atoms in total. The molecule has 4 N–H and O–H groups in total. The number of nitrogens with one attached hydrogen (secondary N) is 2. The molecule has 1 heterocycles. The number of nitrogens with zero attached hydrogens (tertiary/aromatic N) is 1. The van der Waals surface area contributed by atoms with E-state index in [-0.39, 0.29) is 13.0 Å². The second-order valence-corrected chi connectivity index (χ2v) is 4.14. The number of rotatable bonds is 6. The van der Waals surface area contributed by atoms with Gasteiger partial charge in [0.05, 0.1) is 29.9 Å². The Balaban J connectivity index is 1.84. The number of fused-ring (bicyclic) bond motifs is 1. The first-order valence-electron chi connectivity index (χ1n) is 5.68. The van der Waals surface area contributed by atoms with Gasteiger partial charge in [0, 0.05) is 13.1 Å². The van der Waals surface area contributed by atoms with Gasteiger partial charge in [0.2, 0.25) is 0 Å². The molecule has 1 unspecified atom stereocenters. The Morgan fingerprint density at radius 2 is 2.33 bits per heavy atom. The van der Waals surface area contributed by atoms with Crippen LogP contribution in [-0.4, -0.2) is 38.8 Å². The number of hydrogen-bond donors (Lipinski definition) is 4. The second kappa shape index (κ2) is 5.61. The lowest BCUT2D eigenvalue weighted by Gasteiger charge is -2.09. The summed E-state index contributed by atoms with van der Waals surface area (Å²) in [7, 11) is 0. The lowest BCUT2D eigenvalue weighted by Crippen LogP contribution is -2.28. The minimum absolute atomic E-state index is 0.243. The third-order valence-corrected chi connectivity index (χ3v) is 2.60. The number of hydrogen-bond acceptors (Lipinski definition) is 4. The number of aliphatic hydroxyl groups is 1. The standard InChI is InChI=1S/C12H15N3O3/c16-9(4-12(17)18)6-13-5-8-1-2-10-11(3-8)15-7-14-10/h1-3,7,9,13,16H,4-6H2,(H,14,15)(H,17,18). The highest BCUT2D eigenvalue weighted by Gasteiger charge is 2.08. The van der Waals surface area contributed by atoms with Gasteiger partial charge in [-0.3, -0.25) is 4.79 Å². The molecule has 2 aromatic rings. The van der Waals surface area contributed by atoms with Gasteiger partial charge in [0.1, 0.15) is 0 Å². The van der Waals surface area contributed by atoms with Gasteiger partial charge in [-0.15, -0.1) is 0 Å². The Kier molecular flexibility index (Phi) is 3.91. The molecule has 1 aromatic carbocycles. The summed E-state index contributed by atoms with van der Waals surface area (Å²) in [5.74, 6) is -0.997. The molecule has 18 heavy (non-hydrogen) atoms. The van der Waals surface area contributed by atoms with Crippen molar-refractivity contribution >= 4 is 17.0 Å². The number of H-pyrrole nitrogens is 1. The van der Waals surface area contributed by atoms with Crippen molar-refractivity contribution < 1.29 is 15.0 Å². The minimum atomic E-state index is -0.997. The van der Waals surface area contributed by atoms with E-state index < -0.39 is 12.1 Å². The van der Waals surface area contributed by atoms with Crippen molar-refractivity contribution in [3.05, 3.63) is 30.1 Å². The van der Waals surface area contributed by atoms with Gasteiger partial charge in [0.25, 0.3) is 0 Å². The number of aromatic nitrogens is 2. The van der Waals surface area contributed by atoms with Gasteiger partial charge in [0.15, 0.2) is 0 Å². The topological polar surface area (TPSA) is 98.2 Å². The van der Waals surface area contributed by atoms with Gasteiger partial charge >= 0.3 is 5.97 Å². The van der Waals surface area contributed by atoms with Crippen molar-refractivity contribution in [2.45, 2.75) is 19.1 Å². The van der Waals surface area contributed by atoms with Gasteiger partial charge in [-0.05, 0) is 17.7 Å². The Hall–Kier alpha value is -1.92. The number of aliphatic hydroxyl groups excluding tert-OH is 1. The molecule has 0 amide bonds. The van der Waals surface area contributed by atoms with Crippen LogP contribution in [0, 0.1) is 0 Å². The van der Waals surface area contributed by atoms with E-state index >= 15 is 0 Å². The summed E-state index contributed by atoms with van der Waals surface area (Å²) >= 11 is 0. The van der Waals surface area contributed by atoms with Crippen LogP contribution in [0.5, 0.6) is 0 Å². The van der Waals surface area contributed by atoms with Crippen molar-refractivity contribution in [2.24, 2.45) is 0 Å². The number of aromatic amines is 1. The van der Waals surface area contributed by atoms with Crippen molar-refractivity contribution in [2.75, 3.05) is 6.54 Å². The first-order valence-corrected chi connectivity index (χ1v) is 5.68. The van der Waals surface area contributed by atoms with Crippen LogP contribution >= 0.6 is 0 Å². The fourth-order valence-corrected chi connectivity index (χ4v) is 1.75. The van der Waals surface area contributed by atoms with Crippen molar-refractivity contribution in [1.82, 2.24) is 15.3 Å². The Labute approximate surface area is 104 Å². The van der Waals surface area contributed by atoms with Crippen LogP contribution in [-0.2, 0) is 11.3 Å². The molecule has 0 bridgehead atoms. The lowest BCUT2D eigenvalue weighted by atomic mass is 10.2. The highest BCUT2D eigenvalue weighted by molar-refractivity contribution is 5.75. The maximum absolute atomic E-state index is 10.4. The molecule has 96 valence electrons. The van der Waals surface area contributed by atoms with Crippen LogP contribution in [0.4, 0.5) is 0 Å². The fraction of sp³-hybridized carbons (Fsp3) is 0.333. The molecular formula is C12H15N3O3. The molecule has 2 rings (SSSR count). The number of benzene rings is 1. The van der Waals surface area contributed by atoms with Crippen molar-refractivity contribution in [3.63, 3.8) is 0 Å². The molecule has 0 saturated heterocycles. The zero-order valence-electron chi connectivity index (χ0n) is 9.76. The van der Waals surface area contributed by atoms with E-state index in [0.29, 0.717) is 6.54 Å². The number of imidazole rings is 1. The van der Waals surface area contributed by atoms with E-state index in [4.69, 9.17) is 5.11 Å². The predicted octanol–water partition coefficient (Wildman–Crippen LogP) is 0.488. The van der Waals surface area contributed by atoms with Crippen LogP contribution < -0.4 is 5.32 Å². The van der Waals surface area contributed by atoms with E-state index in [1.54, 1.807) is 6.33 Å². The van der Waals surface area contributed by atoms with Crippen LogP contribution in [0.2, 0.25) is 0 Å². The quantitative estimate of drug-likeness (QED) is 0.597. The van der Waals surface area contributed by atoms with Gasteiger partial charge in [-0.2, -0.15) is 0 Å². The smallest absolute Gasteiger partial charge is 0.306 e. The van der Waals surface area contributed by atoms with Crippen molar-refractivity contribution in [3.8, 4) is 0 Å². The summed E-state index contributed by atoms with van der Waals surface area (Å²) in [5, 5.41) is 20.9. The van der Waals surface area contributed by atoms with Crippen LogP contribution in [0.3, 0.4) is 0 Å². The Bertz CT molecular complexity index is 538. The highest BCUT2D eigenvalue weighted by atomic mass is 16.4. The van der Waals surface area contributed by atoms with E-state index in [2.05, 4.69) is 15.3 Å². The first-order chi connectivity index (χ1) is 8.65. The average Bonchev–Trinajstić information content (AvgIpc) is 2.75. The van der Waals surface area contributed by atoms with E-state index in [0.717, 1.165) is 16.6 Å². The molecule has 0 radical (unpaired) electrons. The largest absolute Gasteiger partial charge is 0.481 e. The Morgan fingerprint density at radius 1 is 1.50 bits per heavy atom. The molecule has 0 saturated carbocycles. The van der Waals surface area contributed by atoms with Crippen LogP contribution in [0.1, 0.15) is 12.0 Å². The van der Waals surface area contributed by atoms with E-state index in [9.17, 15) is 9.90 Å². The Morgan fingerprint density at radius 3 is 3.11 bits per heavy atom. The van der Waals surface area contributed by atoms with Gasteiger partial charge in [-0.1, -0.05) is 6.07 Å². The number of carboxylic acid groups (broad SMARTS) is 1. The molecular weight excluding hydrogens is 234 g/mol. The molecule has 0 spiro atoms. The monoisotopic (exact) mass is 249 g/mol. The average molecular weight is 249 g/mol. The second-order valence-electron chi connectivity index (χ2n) is 4.14. The molecule has 1 atom stereocenters. The molecule has 0 aliphatic heterocycles. The molecule has 6 heteroatoms. The number of carbonyl (C=O) groups is 1. The first kappa shape index (κ1) is 12.5. The molecule has 1 aromatic heterocycles. The van der Waals surface area contributed by atoms with E-state index in [1.165, 1.54) is 0 Å². The highest BCUT2D eigenvalue weighted by Crippen LogP contribution is 2.11. The summed E-state index contributed by atoms with van der Waals surface area (Å²) in [6.45, 7) is 0.832. The predicted molar refractivity (Wildman–Crippen MR) is 66.1 cm³/mol. The number of carboxylic acids is 1. The zero-order chi connectivity index (χ0) is 13.0. The SMILES string of the molecule is O=C(O)CC(O)CNCc1ccc2nc[nH]c2c1. The maximum Gasteiger partial charge on any atom is 0.306 e. The van der Waals surface area contributed by atoms with Crippen molar-refractivity contribution in [1.29, 1.82) is 0 Å². The molecule has 0 aliphatic carbocycles.